The summed E-state index contributed by atoms with van der Waals surface area (Å²) in [4.78, 5) is 10.9. The molecule has 2 aromatic carbocycles. The highest BCUT2D eigenvalue weighted by Crippen LogP contribution is 2.29. The highest BCUT2D eigenvalue weighted by molar-refractivity contribution is 6.33. The summed E-state index contributed by atoms with van der Waals surface area (Å²) in [5.74, 6) is 0. The van der Waals surface area contributed by atoms with Gasteiger partial charge in [0.2, 0.25) is 0 Å². The number of nitrogens with one attached hydrogen (secondary N) is 1. The molecule has 5 nitrogen and oxygen atoms in total. The molecule has 0 saturated heterocycles. The molecule has 2 heterocycles. The number of rotatable bonds is 7. The molecule has 0 bridgehead atoms. The fraction of sp³-hybridized carbons (Fsp3) is 0.217. The molecule has 1 N–H and O–H groups in total. The van der Waals surface area contributed by atoms with Gasteiger partial charge >= 0.3 is 0 Å². The Balaban J connectivity index is 1.54. The number of benzene rings is 2. The maximum absolute atomic E-state index is 6.44. The van der Waals surface area contributed by atoms with Crippen molar-refractivity contribution in [2.45, 2.75) is 13.0 Å². The van der Waals surface area contributed by atoms with Crippen molar-refractivity contribution in [2.75, 3.05) is 25.1 Å². The van der Waals surface area contributed by atoms with Gasteiger partial charge < -0.3 is 5.43 Å². The summed E-state index contributed by atoms with van der Waals surface area (Å²) in [7, 11) is 2.11. The highest BCUT2D eigenvalue weighted by Gasteiger charge is 2.24. The van der Waals surface area contributed by atoms with Crippen molar-refractivity contribution in [3.63, 3.8) is 0 Å². The third kappa shape index (κ3) is 4.93. The maximum atomic E-state index is 6.44. The number of allylic oxidation sites excluding steroid dienone is 1. The summed E-state index contributed by atoms with van der Waals surface area (Å²) in [5.41, 5.74) is 8.95. The molecular formula is C23H23Cl2N5. The number of hydrogen-bond acceptors (Lipinski definition) is 5. The number of hydrazine groups is 1. The number of hydrogen-bond donors (Lipinski definition) is 1. The molecule has 0 fully saturated rings. The Bertz CT molecular complexity index is 1040. The summed E-state index contributed by atoms with van der Waals surface area (Å²) in [6, 6.07) is 15.8. The van der Waals surface area contributed by atoms with Crippen LogP contribution in [0.3, 0.4) is 0 Å². The van der Waals surface area contributed by atoms with E-state index in [4.69, 9.17) is 23.2 Å². The second-order valence-corrected chi connectivity index (χ2v) is 8.18. The van der Waals surface area contributed by atoms with Gasteiger partial charge in [0.05, 0.1) is 22.9 Å². The molecule has 0 unspecified atom stereocenters. The Hall–Kier alpha value is -2.60. The van der Waals surface area contributed by atoms with Gasteiger partial charge in [-0.15, -0.1) is 0 Å². The molecule has 154 valence electrons. The van der Waals surface area contributed by atoms with Crippen LogP contribution in [-0.2, 0) is 13.0 Å². The molecule has 30 heavy (non-hydrogen) atoms. The summed E-state index contributed by atoms with van der Waals surface area (Å²) in [6.45, 7) is 2.31. The summed E-state index contributed by atoms with van der Waals surface area (Å²) in [6.07, 6.45) is 5.90. The van der Waals surface area contributed by atoms with Crippen molar-refractivity contribution in [2.24, 2.45) is 0 Å². The Kier molecular flexibility index (Phi) is 6.53. The molecule has 1 aromatic heterocycles. The van der Waals surface area contributed by atoms with Crippen molar-refractivity contribution in [1.29, 1.82) is 0 Å². The van der Waals surface area contributed by atoms with E-state index in [0.29, 0.717) is 6.42 Å². The van der Waals surface area contributed by atoms with Gasteiger partial charge in [-0.2, -0.15) is 0 Å². The molecule has 1 aliphatic heterocycles. The molecule has 7 heteroatoms. The van der Waals surface area contributed by atoms with Gasteiger partial charge in [-0.25, -0.2) is 0 Å². The van der Waals surface area contributed by atoms with Gasteiger partial charge in [-0.3, -0.25) is 19.9 Å². The molecule has 0 aliphatic carbocycles. The van der Waals surface area contributed by atoms with E-state index in [9.17, 15) is 0 Å². The van der Waals surface area contributed by atoms with Crippen LogP contribution in [0.5, 0.6) is 0 Å². The molecule has 0 radical (unpaired) electrons. The largest absolute Gasteiger partial charge is 0.302 e. The molecule has 0 spiro atoms. The number of anilines is 1. The van der Waals surface area contributed by atoms with Gasteiger partial charge in [-0.1, -0.05) is 53.5 Å². The topological polar surface area (TPSA) is 44.3 Å². The number of likely N-dealkylation sites (N-methyl/N-ethyl adjacent to an activating group) is 1. The SMILES string of the molecule is CN(CC1=C(Cc2cnccn2)NN(c2ccccc2Cl)C1)Cc1ccccc1Cl. The smallest absolute Gasteiger partial charge is 0.0761 e. The van der Waals surface area contributed by atoms with Gasteiger partial charge in [-0.05, 0) is 36.4 Å². The Morgan fingerprint density at radius 3 is 2.50 bits per heavy atom. The van der Waals surface area contributed by atoms with Crippen molar-refractivity contribution in [3.8, 4) is 0 Å². The van der Waals surface area contributed by atoms with Gasteiger partial charge in [0, 0.05) is 48.8 Å². The third-order valence-corrected chi connectivity index (χ3v) is 5.71. The fourth-order valence-corrected chi connectivity index (χ4v) is 4.03. The van der Waals surface area contributed by atoms with Gasteiger partial charge in [0.15, 0.2) is 0 Å². The Morgan fingerprint density at radius 1 is 1.00 bits per heavy atom. The summed E-state index contributed by atoms with van der Waals surface area (Å²) >= 11 is 12.8. The van der Waals surface area contributed by atoms with E-state index in [1.165, 1.54) is 5.57 Å². The van der Waals surface area contributed by atoms with E-state index in [1.54, 1.807) is 18.6 Å². The lowest BCUT2D eigenvalue weighted by atomic mass is 10.1. The van der Waals surface area contributed by atoms with Crippen LogP contribution >= 0.6 is 23.2 Å². The molecule has 0 atom stereocenters. The second-order valence-electron chi connectivity index (χ2n) is 7.37. The number of aromatic nitrogens is 2. The van der Waals surface area contributed by atoms with E-state index in [-0.39, 0.29) is 0 Å². The molecule has 0 saturated carbocycles. The lowest BCUT2D eigenvalue weighted by molar-refractivity contribution is 0.354. The van der Waals surface area contributed by atoms with Gasteiger partial charge in [0.25, 0.3) is 0 Å². The average molecular weight is 440 g/mol. The number of para-hydroxylation sites is 1. The predicted octanol–water partition coefficient (Wildman–Crippen LogP) is 4.74. The molecule has 3 aromatic rings. The van der Waals surface area contributed by atoms with Crippen molar-refractivity contribution in [3.05, 3.63) is 99.7 Å². The first-order valence-corrected chi connectivity index (χ1v) is 10.5. The van der Waals surface area contributed by atoms with Crippen LogP contribution in [0.4, 0.5) is 5.69 Å². The van der Waals surface area contributed by atoms with Crippen molar-refractivity contribution >= 4 is 28.9 Å². The summed E-state index contributed by atoms with van der Waals surface area (Å²) in [5, 5.41) is 3.60. The van der Waals surface area contributed by atoms with E-state index in [2.05, 4.69) is 38.4 Å². The monoisotopic (exact) mass is 439 g/mol. The van der Waals surface area contributed by atoms with Crippen molar-refractivity contribution in [1.82, 2.24) is 20.3 Å². The minimum absolute atomic E-state index is 0.685. The Morgan fingerprint density at radius 2 is 1.77 bits per heavy atom. The lowest BCUT2D eigenvalue weighted by Gasteiger charge is -2.22. The Labute approximate surface area is 186 Å². The van der Waals surface area contributed by atoms with Gasteiger partial charge in [0.1, 0.15) is 0 Å². The summed E-state index contributed by atoms with van der Waals surface area (Å²) < 4.78 is 0. The highest BCUT2D eigenvalue weighted by atomic mass is 35.5. The van der Waals surface area contributed by atoms with Crippen LogP contribution in [0.15, 0.2) is 78.4 Å². The molecule has 1 aliphatic rings. The first kappa shape index (κ1) is 20.7. The zero-order chi connectivity index (χ0) is 20.9. The number of nitrogens with zero attached hydrogens (tertiary/aromatic N) is 4. The van der Waals surface area contributed by atoms with Crippen LogP contribution in [0.2, 0.25) is 10.0 Å². The first-order chi connectivity index (χ1) is 14.6. The van der Waals surface area contributed by atoms with E-state index in [0.717, 1.165) is 52.3 Å². The quantitative estimate of drug-likeness (QED) is 0.575. The normalized spacial score (nSPS) is 13.8. The second kappa shape index (κ2) is 9.47. The number of halogens is 2. The predicted molar refractivity (Wildman–Crippen MR) is 122 cm³/mol. The van der Waals surface area contributed by atoms with E-state index in [1.807, 2.05) is 42.5 Å². The van der Waals surface area contributed by atoms with Crippen LogP contribution < -0.4 is 10.4 Å². The standard InChI is InChI=1S/C23H23Cl2N5/c1-29(14-17-6-2-3-7-20(17)24)15-18-16-30(23-9-5-4-8-21(23)25)28-22(18)12-19-13-26-10-11-27-19/h2-11,13,28H,12,14-16H2,1H3. The molecular weight excluding hydrogens is 417 g/mol. The van der Waals surface area contributed by atoms with Crippen LogP contribution in [-0.4, -0.2) is 35.0 Å². The average Bonchev–Trinajstić information content (AvgIpc) is 3.12. The minimum atomic E-state index is 0.685. The van der Waals surface area contributed by atoms with Crippen molar-refractivity contribution < 1.29 is 0 Å². The van der Waals surface area contributed by atoms with Crippen LogP contribution in [0.25, 0.3) is 0 Å². The first-order valence-electron chi connectivity index (χ1n) is 9.76. The zero-order valence-corrected chi connectivity index (χ0v) is 18.2. The van der Waals surface area contributed by atoms with Crippen LogP contribution in [0.1, 0.15) is 11.3 Å². The third-order valence-electron chi connectivity index (χ3n) is 5.02. The minimum Gasteiger partial charge on any atom is -0.302 e. The van der Waals surface area contributed by atoms with E-state index < -0.39 is 0 Å². The molecule has 0 amide bonds. The zero-order valence-electron chi connectivity index (χ0n) is 16.7. The van der Waals surface area contributed by atoms with Crippen LogP contribution in [0, 0.1) is 0 Å². The molecule has 4 rings (SSSR count). The van der Waals surface area contributed by atoms with E-state index >= 15 is 0 Å². The lowest BCUT2D eigenvalue weighted by Crippen LogP contribution is -2.33. The maximum Gasteiger partial charge on any atom is 0.0761 e. The fourth-order valence-electron chi connectivity index (χ4n) is 3.60.